The van der Waals surface area contributed by atoms with E-state index >= 15 is 0 Å². The second kappa shape index (κ2) is 27.6. The van der Waals surface area contributed by atoms with E-state index in [1.54, 1.807) is 12.2 Å². The van der Waals surface area contributed by atoms with Crippen molar-refractivity contribution in [3.8, 4) is 0 Å². The molecule has 0 radical (unpaired) electrons. The van der Waals surface area contributed by atoms with Gasteiger partial charge in [-0.05, 0) is 25.7 Å². The molecule has 0 bridgehead atoms. The largest absolute Gasteiger partial charge is 0.393 e. The van der Waals surface area contributed by atoms with Gasteiger partial charge in [0.25, 0.3) is 0 Å². The van der Waals surface area contributed by atoms with Crippen molar-refractivity contribution in [1.29, 1.82) is 0 Å². The average Bonchev–Trinajstić information content (AvgIpc) is 2.48. The van der Waals surface area contributed by atoms with Gasteiger partial charge in [0.1, 0.15) is 0 Å². The van der Waals surface area contributed by atoms with Gasteiger partial charge in [-0.15, -0.1) is 13.2 Å². The second-order valence-electron chi connectivity index (χ2n) is 3.97. The van der Waals surface area contributed by atoms with Crippen molar-refractivity contribution < 1.29 is 9.84 Å². The fraction of sp³-hybridized carbons (Fsp3) is 0.750. The molecule has 0 saturated carbocycles. The molecule has 1 N–H and O–H groups in total. The molecule has 124 valence electrons. The van der Waals surface area contributed by atoms with Crippen LogP contribution in [0.15, 0.2) is 25.3 Å². The number of allylic oxidation sites excluding steroid dienone is 1. The summed E-state index contributed by atoms with van der Waals surface area (Å²) in [5, 5.41) is 9.56. The topological polar surface area (TPSA) is 29.5 Å². The summed E-state index contributed by atoms with van der Waals surface area (Å²) in [6.45, 7) is 15.9. The quantitative estimate of drug-likeness (QED) is 0.468. The maximum absolute atomic E-state index is 8.67. The number of aliphatic hydroxyl groups excluding tert-OH is 1. The van der Waals surface area contributed by atoms with E-state index in [0.29, 0.717) is 12.7 Å². The van der Waals surface area contributed by atoms with Crippen LogP contribution in [0.1, 0.15) is 53.4 Å². The van der Waals surface area contributed by atoms with E-state index in [1.807, 2.05) is 13.8 Å². The normalized spacial score (nSPS) is 8.80. The van der Waals surface area contributed by atoms with Crippen molar-refractivity contribution in [2.45, 2.75) is 65.6 Å². The van der Waals surface area contributed by atoms with Crippen LogP contribution in [0.25, 0.3) is 0 Å². The van der Waals surface area contributed by atoms with Crippen LogP contribution in [0.3, 0.4) is 0 Å². The van der Waals surface area contributed by atoms with Crippen molar-refractivity contribution in [3.63, 3.8) is 0 Å². The lowest BCUT2D eigenvalue weighted by molar-refractivity contribution is 0.0689. The predicted octanol–water partition coefficient (Wildman–Crippen LogP) is 5.23. The zero-order valence-corrected chi connectivity index (χ0v) is 16.3. The van der Waals surface area contributed by atoms with Crippen LogP contribution < -0.4 is 0 Å². The third-order valence-corrected chi connectivity index (χ3v) is 2.87. The number of aliphatic hydroxyl groups is 1. The van der Waals surface area contributed by atoms with Gasteiger partial charge in [0, 0.05) is 5.33 Å². The van der Waals surface area contributed by atoms with E-state index in [0.717, 1.165) is 31.0 Å². The number of alkyl halides is 1. The molecule has 0 amide bonds. The molecule has 0 spiro atoms. The van der Waals surface area contributed by atoms with Gasteiger partial charge in [0.05, 0.1) is 18.8 Å². The zero-order valence-electron chi connectivity index (χ0n) is 13.7. The third-order valence-electron chi connectivity index (χ3n) is 2.41. The van der Waals surface area contributed by atoms with Gasteiger partial charge in [0.2, 0.25) is 0 Å². The van der Waals surface area contributed by atoms with Crippen LogP contribution >= 0.6 is 29.4 Å². The van der Waals surface area contributed by atoms with Gasteiger partial charge in [-0.25, -0.2) is 0 Å². The first kappa shape index (κ1) is 28.4. The lowest BCUT2D eigenvalue weighted by atomic mass is 10.2. The van der Waals surface area contributed by atoms with Gasteiger partial charge >= 0.3 is 0 Å². The maximum Gasteiger partial charge on any atom is 0.0648 e. The molecule has 0 aromatic rings. The SMILES string of the molecule is C=CCBr.C=CCOC(CC)CC.CCC(O)CC.S. The van der Waals surface area contributed by atoms with Gasteiger partial charge < -0.3 is 9.84 Å². The minimum atomic E-state index is -0.0648. The molecular weight excluding hydrogens is 336 g/mol. The fourth-order valence-electron chi connectivity index (χ4n) is 1.02. The summed E-state index contributed by atoms with van der Waals surface area (Å²) in [6, 6.07) is 0. The Morgan fingerprint density at radius 2 is 1.40 bits per heavy atom. The summed E-state index contributed by atoms with van der Waals surface area (Å²) in [6.07, 6.45) is 7.92. The first-order valence-electron chi connectivity index (χ1n) is 7.14. The van der Waals surface area contributed by atoms with Gasteiger partial charge in [-0.2, -0.15) is 13.5 Å². The van der Waals surface area contributed by atoms with Crippen molar-refractivity contribution in [3.05, 3.63) is 25.3 Å². The third kappa shape index (κ3) is 30.9. The van der Waals surface area contributed by atoms with Crippen LogP contribution in [0.2, 0.25) is 0 Å². The van der Waals surface area contributed by atoms with Crippen LogP contribution in [0, 0.1) is 0 Å². The van der Waals surface area contributed by atoms with E-state index in [9.17, 15) is 0 Å². The van der Waals surface area contributed by atoms with Crippen molar-refractivity contribution in [2.24, 2.45) is 0 Å². The summed E-state index contributed by atoms with van der Waals surface area (Å²) in [5.74, 6) is 0. The van der Waals surface area contributed by atoms with E-state index in [2.05, 4.69) is 42.9 Å². The molecule has 0 aliphatic rings. The molecule has 0 fully saturated rings. The highest BCUT2D eigenvalue weighted by Gasteiger charge is 1.99. The molecule has 0 unspecified atom stereocenters. The van der Waals surface area contributed by atoms with E-state index in [4.69, 9.17) is 9.84 Å². The van der Waals surface area contributed by atoms with E-state index in [-0.39, 0.29) is 19.6 Å². The van der Waals surface area contributed by atoms with Crippen molar-refractivity contribution >= 4 is 29.4 Å². The smallest absolute Gasteiger partial charge is 0.0648 e. The highest BCUT2D eigenvalue weighted by atomic mass is 79.9. The summed E-state index contributed by atoms with van der Waals surface area (Å²) in [7, 11) is 0. The molecular formula is C16H35BrO2S. The van der Waals surface area contributed by atoms with Gasteiger partial charge in [0.15, 0.2) is 0 Å². The number of hydrogen-bond donors (Lipinski definition) is 1. The fourth-order valence-corrected chi connectivity index (χ4v) is 1.02. The molecule has 0 heterocycles. The lowest BCUT2D eigenvalue weighted by Crippen LogP contribution is -2.09. The average molecular weight is 371 g/mol. The first-order chi connectivity index (χ1) is 9.07. The first-order valence-corrected chi connectivity index (χ1v) is 8.27. The molecule has 2 nitrogen and oxygen atoms in total. The molecule has 4 heteroatoms. The maximum atomic E-state index is 8.67. The highest BCUT2D eigenvalue weighted by molar-refractivity contribution is 9.09. The molecule has 0 aliphatic carbocycles. The Labute approximate surface area is 142 Å². The monoisotopic (exact) mass is 370 g/mol. The Morgan fingerprint density at radius 3 is 1.55 bits per heavy atom. The number of halogens is 1. The number of rotatable bonds is 8. The Hall–Kier alpha value is 0.230. The second-order valence-corrected chi connectivity index (χ2v) is 4.62. The van der Waals surface area contributed by atoms with Crippen LogP contribution in [0.4, 0.5) is 0 Å². The van der Waals surface area contributed by atoms with Gasteiger partial charge in [-0.1, -0.05) is 55.8 Å². The van der Waals surface area contributed by atoms with E-state index in [1.165, 1.54) is 0 Å². The Morgan fingerprint density at radius 1 is 1.00 bits per heavy atom. The molecule has 0 rings (SSSR count). The molecule has 0 atom stereocenters. The lowest BCUT2D eigenvalue weighted by Gasteiger charge is -2.10. The predicted molar refractivity (Wildman–Crippen MR) is 101 cm³/mol. The molecule has 0 saturated heterocycles. The minimum absolute atomic E-state index is 0. The summed E-state index contributed by atoms with van der Waals surface area (Å²) >= 11 is 3.13. The molecule has 0 aliphatic heterocycles. The number of ether oxygens (including phenoxy) is 1. The van der Waals surface area contributed by atoms with Crippen molar-refractivity contribution in [2.75, 3.05) is 11.9 Å². The van der Waals surface area contributed by atoms with Crippen LogP contribution in [-0.4, -0.2) is 29.3 Å². The Balaban J connectivity index is -0.000000102. The van der Waals surface area contributed by atoms with Crippen LogP contribution in [-0.2, 0) is 4.74 Å². The minimum Gasteiger partial charge on any atom is -0.393 e. The van der Waals surface area contributed by atoms with Gasteiger partial charge in [-0.3, -0.25) is 0 Å². The Kier molecular flexibility index (Phi) is 39.1. The highest BCUT2D eigenvalue weighted by Crippen LogP contribution is 2.01. The summed E-state index contributed by atoms with van der Waals surface area (Å²) in [5.41, 5.74) is 0. The van der Waals surface area contributed by atoms with E-state index < -0.39 is 0 Å². The zero-order chi connectivity index (χ0) is 15.5. The summed E-state index contributed by atoms with van der Waals surface area (Å²) in [4.78, 5) is 0. The Bertz CT molecular complexity index is 170. The van der Waals surface area contributed by atoms with Crippen LogP contribution in [0.5, 0.6) is 0 Å². The van der Waals surface area contributed by atoms with Crippen molar-refractivity contribution in [1.82, 2.24) is 0 Å². The number of hydrogen-bond acceptors (Lipinski definition) is 2. The standard InChI is InChI=1S/C8H16O.C5H12O.C3H5Br.H2S/c1-4-7-9-8(5-2)6-3;1-3-5(6)4-2;1-2-3-4;/h4,8H,1,5-7H2,2-3H3;5-6H,3-4H2,1-2H3;2H,1,3H2;1H2. The summed E-state index contributed by atoms with van der Waals surface area (Å²) < 4.78 is 5.37. The molecule has 0 aromatic heterocycles. The molecule has 20 heavy (non-hydrogen) atoms. The molecule has 0 aromatic carbocycles.